The zero-order valence-electron chi connectivity index (χ0n) is 10.3. The highest BCUT2D eigenvalue weighted by atomic mass is 79.9. The summed E-state index contributed by atoms with van der Waals surface area (Å²) >= 11 is 3.34. The summed E-state index contributed by atoms with van der Waals surface area (Å²) in [6.07, 6.45) is 0. The maximum Gasteiger partial charge on any atom is 0.259 e. The lowest BCUT2D eigenvalue weighted by Gasteiger charge is -2.10. The second-order valence-electron chi connectivity index (χ2n) is 3.92. The van der Waals surface area contributed by atoms with E-state index in [-0.39, 0.29) is 5.91 Å². The summed E-state index contributed by atoms with van der Waals surface area (Å²) in [5.74, 6) is 0.291. The van der Waals surface area contributed by atoms with Crippen molar-refractivity contribution in [2.45, 2.75) is 0 Å². The third-order valence-corrected chi connectivity index (χ3v) is 3.07. The highest BCUT2D eigenvalue weighted by Crippen LogP contribution is 2.24. The number of nitrogens with one attached hydrogen (secondary N) is 1. The van der Waals surface area contributed by atoms with Crippen LogP contribution in [0.5, 0.6) is 5.75 Å². The molecule has 5 heteroatoms. The number of nitrogens with two attached hydrogens (primary N) is 1. The Kier molecular flexibility index (Phi) is 4.06. The lowest BCUT2D eigenvalue weighted by atomic mass is 10.2. The lowest BCUT2D eigenvalue weighted by Crippen LogP contribution is -2.13. The number of methoxy groups -OCH3 is 1. The van der Waals surface area contributed by atoms with E-state index in [1.54, 1.807) is 36.4 Å². The van der Waals surface area contributed by atoms with Crippen molar-refractivity contribution in [1.29, 1.82) is 0 Å². The van der Waals surface area contributed by atoms with Crippen LogP contribution in [0.4, 0.5) is 11.4 Å². The van der Waals surface area contributed by atoms with E-state index < -0.39 is 0 Å². The minimum Gasteiger partial charge on any atom is -0.496 e. The predicted octanol–water partition coefficient (Wildman–Crippen LogP) is 3.29. The van der Waals surface area contributed by atoms with Crippen LogP contribution in [0.2, 0.25) is 0 Å². The molecule has 0 spiro atoms. The Morgan fingerprint density at radius 3 is 2.53 bits per heavy atom. The van der Waals surface area contributed by atoms with Gasteiger partial charge >= 0.3 is 0 Å². The SMILES string of the molecule is COc1ccc(Br)cc1C(=O)Nc1ccc(N)cc1. The third-order valence-electron chi connectivity index (χ3n) is 2.57. The molecule has 98 valence electrons. The molecule has 0 radical (unpaired) electrons. The lowest BCUT2D eigenvalue weighted by molar-refractivity contribution is 0.102. The number of carbonyl (C=O) groups is 1. The Labute approximate surface area is 119 Å². The van der Waals surface area contributed by atoms with Gasteiger partial charge in [-0.15, -0.1) is 0 Å². The van der Waals surface area contributed by atoms with Gasteiger partial charge in [-0.2, -0.15) is 0 Å². The first-order valence-electron chi connectivity index (χ1n) is 5.60. The molecule has 0 unspecified atom stereocenters. The van der Waals surface area contributed by atoms with E-state index in [4.69, 9.17) is 10.5 Å². The largest absolute Gasteiger partial charge is 0.496 e. The van der Waals surface area contributed by atoms with E-state index in [1.165, 1.54) is 7.11 Å². The number of hydrogen-bond acceptors (Lipinski definition) is 3. The molecule has 0 bridgehead atoms. The molecule has 0 saturated carbocycles. The molecular formula is C14H13BrN2O2. The summed E-state index contributed by atoms with van der Waals surface area (Å²) in [5, 5.41) is 2.79. The van der Waals surface area contributed by atoms with Crippen molar-refractivity contribution in [2.75, 3.05) is 18.2 Å². The van der Waals surface area contributed by atoms with Crippen molar-refractivity contribution in [3.05, 3.63) is 52.5 Å². The standard InChI is InChI=1S/C14H13BrN2O2/c1-19-13-7-2-9(15)8-12(13)14(18)17-11-5-3-10(16)4-6-11/h2-8H,16H2,1H3,(H,17,18). The Morgan fingerprint density at radius 2 is 1.89 bits per heavy atom. The molecule has 19 heavy (non-hydrogen) atoms. The van der Waals surface area contributed by atoms with Gasteiger partial charge in [-0.25, -0.2) is 0 Å². The van der Waals surface area contributed by atoms with Crippen molar-refractivity contribution in [2.24, 2.45) is 0 Å². The van der Waals surface area contributed by atoms with Crippen LogP contribution in [0, 0.1) is 0 Å². The normalized spacial score (nSPS) is 10.0. The average Bonchev–Trinajstić information content (AvgIpc) is 2.41. The molecule has 0 fully saturated rings. The maximum atomic E-state index is 12.2. The fourth-order valence-electron chi connectivity index (χ4n) is 1.62. The molecule has 2 rings (SSSR count). The van der Waals surface area contributed by atoms with Crippen LogP contribution in [-0.2, 0) is 0 Å². The monoisotopic (exact) mass is 320 g/mol. The van der Waals surface area contributed by atoms with Crippen LogP contribution >= 0.6 is 15.9 Å². The zero-order chi connectivity index (χ0) is 13.8. The number of amides is 1. The number of anilines is 2. The van der Waals surface area contributed by atoms with Crippen molar-refractivity contribution < 1.29 is 9.53 Å². The average molecular weight is 321 g/mol. The fraction of sp³-hybridized carbons (Fsp3) is 0.0714. The Hall–Kier alpha value is -2.01. The van der Waals surface area contributed by atoms with Gasteiger partial charge < -0.3 is 15.8 Å². The van der Waals surface area contributed by atoms with Gasteiger partial charge in [-0.1, -0.05) is 15.9 Å². The van der Waals surface area contributed by atoms with Crippen LogP contribution in [0.25, 0.3) is 0 Å². The molecule has 2 aromatic carbocycles. The van der Waals surface area contributed by atoms with E-state index in [0.29, 0.717) is 22.7 Å². The Bertz CT molecular complexity index is 597. The minimum absolute atomic E-state index is 0.233. The number of rotatable bonds is 3. The molecule has 0 saturated heterocycles. The molecule has 0 aliphatic carbocycles. The molecule has 0 heterocycles. The van der Waals surface area contributed by atoms with Crippen molar-refractivity contribution in [1.82, 2.24) is 0 Å². The van der Waals surface area contributed by atoms with E-state index in [0.717, 1.165) is 4.47 Å². The summed E-state index contributed by atoms with van der Waals surface area (Å²) in [5.41, 5.74) is 7.39. The smallest absolute Gasteiger partial charge is 0.259 e. The topological polar surface area (TPSA) is 64.3 Å². The van der Waals surface area contributed by atoms with Crippen LogP contribution in [0.3, 0.4) is 0 Å². The van der Waals surface area contributed by atoms with Gasteiger partial charge in [0.2, 0.25) is 0 Å². The maximum absolute atomic E-state index is 12.2. The number of ether oxygens (including phenoxy) is 1. The van der Waals surface area contributed by atoms with Gasteiger partial charge in [0.15, 0.2) is 0 Å². The molecule has 0 aliphatic heterocycles. The van der Waals surface area contributed by atoms with Crippen LogP contribution < -0.4 is 15.8 Å². The van der Waals surface area contributed by atoms with Crippen LogP contribution in [0.1, 0.15) is 10.4 Å². The number of hydrogen-bond donors (Lipinski definition) is 2. The first-order valence-corrected chi connectivity index (χ1v) is 6.40. The van der Waals surface area contributed by atoms with Crippen molar-refractivity contribution in [3.8, 4) is 5.75 Å². The quantitative estimate of drug-likeness (QED) is 0.853. The third kappa shape index (κ3) is 3.26. The highest BCUT2D eigenvalue weighted by molar-refractivity contribution is 9.10. The molecule has 2 aromatic rings. The van der Waals surface area contributed by atoms with Crippen LogP contribution in [0.15, 0.2) is 46.9 Å². The first-order chi connectivity index (χ1) is 9.10. The minimum atomic E-state index is -0.233. The van der Waals surface area contributed by atoms with Gasteiger partial charge in [0.05, 0.1) is 12.7 Å². The number of nitrogen functional groups attached to an aromatic ring is 1. The van der Waals surface area contributed by atoms with Gasteiger partial charge in [0.25, 0.3) is 5.91 Å². The van der Waals surface area contributed by atoms with E-state index >= 15 is 0 Å². The van der Waals surface area contributed by atoms with Crippen molar-refractivity contribution in [3.63, 3.8) is 0 Å². The van der Waals surface area contributed by atoms with Gasteiger partial charge in [-0.05, 0) is 42.5 Å². The molecule has 0 aliphatic rings. The molecule has 1 amide bonds. The number of benzene rings is 2. The fourth-order valence-corrected chi connectivity index (χ4v) is 1.98. The summed E-state index contributed by atoms with van der Waals surface area (Å²) in [6.45, 7) is 0. The van der Waals surface area contributed by atoms with Gasteiger partial charge in [-0.3, -0.25) is 4.79 Å². The number of carbonyl (C=O) groups excluding carboxylic acids is 1. The number of halogens is 1. The summed E-state index contributed by atoms with van der Waals surface area (Å²) in [6, 6.07) is 12.2. The van der Waals surface area contributed by atoms with Crippen LogP contribution in [-0.4, -0.2) is 13.0 Å². The molecule has 0 aromatic heterocycles. The zero-order valence-corrected chi connectivity index (χ0v) is 11.9. The summed E-state index contributed by atoms with van der Waals surface area (Å²) in [7, 11) is 1.53. The molecule has 3 N–H and O–H groups in total. The van der Waals surface area contributed by atoms with Crippen molar-refractivity contribution >= 4 is 33.2 Å². The van der Waals surface area contributed by atoms with Gasteiger partial charge in [0, 0.05) is 15.8 Å². The first kappa shape index (κ1) is 13.4. The second kappa shape index (κ2) is 5.75. The predicted molar refractivity (Wildman–Crippen MR) is 79.5 cm³/mol. The molecule has 0 atom stereocenters. The second-order valence-corrected chi connectivity index (χ2v) is 4.84. The molecule has 4 nitrogen and oxygen atoms in total. The van der Waals surface area contributed by atoms with E-state index in [2.05, 4.69) is 21.2 Å². The summed E-state index contributed by atoms with van der Waals surface area (Å²) < 4.78 is 5.99. The Morgan fingerprint density at radius 1 is 1.21 bits per heavy atom. The van der Waals surface area contributed by atoms with Gasteiger partial charge in [0.1, 0.15) is 5.75 Å². The van der Waals surface area contributed by atoms with E-state index in [9.17, 15) is 4.79 Å². The molecular weight excluding hydrogens is 308 g/mol. The summed E-state index contributed by atoms with van der Waals surface area (Å²) in [4.78, 5) is 12.2. The van der Waals surface area contributed by atoms with E-state index in [1.807, 2.05) is 6.07 Å². The highest BCUT2D eigenvalue weighted by Gasteiger charge is 2.12. The Balaban J connectivity index is 2.24.